The molecule has 1 aromatic heterocycles. The summed E-state index contributed by atoms with van der Waals surface area (Å²) in [5.41, 5.74) is 0.575. The van der Waals surface area contributed by atoms with Crippen molar-refractivity contribution in [2.45, 2.75) is 31.0 Å². The van der Waals surface area contributed by atoms with E-state index in [9.17, 15) is 41.4 Å². The molecule has 0 unspecified atom stereocenters. The maximum Gasteiger partial charge on any atom is 0.422 e. The SMILES string of the molecule is O=C(Nc1ccc(F)cc1F)C(=O)N(CCO)CCCNC(=O)c1ccc(Nc2nc(NC3(c4ccc(Cl)cc4)CC3)nc(OCC(F)(F)F)n2)cc1. The van der Waals surface area contributed by atoms with Gasteiger partial charge in [-0.05, 0) is 73.4 Å². The Morgan fingerprint density at radius 2 is 1.62 bits per heavy atom. The number of carbonyl (C=O) groups excluding carboxylic acids is 3. The van der Waals surface area contributed by atoms with Crippen LogP contribution in [-0.4, -0.2) is 81.7 Å². The number of aliphatic hydroxyl groups is 1. The number of aliphatic hydroxyl groups excluding tert-OH is 1. The highest BCUT2D eigenvalue weighted by Gasteiger charge is 2.45. The fourth-order valence-corrected chi connectivity index (χ4v) is 5.15. The van der Waals surface area contributed by atoms with Gasteiger partial charge in [0.05, 0.1) is 17.8 Å². The molecule has 1 aliphatic rings. The summed E-state index contributed by atoms with van der Waals surface area (Å²) in [5.74, 6) is -4.82. The van der Waals surface area contributed by atoms with Crippen LogP contribution in [0.25, 0.3) is 0 Å². The third-order valence-electron chi connectivity index (χ3n) is 7.80. The second kappa shape index (κ2) is 16.8. The van der Waals surface area contributed by atoms with Crippen molar-refractivity contribution in [1.82, 2.24) is 25.2 Å². The second-order valence-corrected chi connectivity index (χ2v) is 12.2. The van der Waals surface area contributed by atoms with E-state index in [2.05, 4.69) is 36.2 Å². The molecule has 280 valence electrons. The molecule has 13 nitrogen and oxygen atoms in total. The van der Waals surface area contributed by atoms with E-state index in [0.29, 0.717) is 29.6 Å². The first kappa shape index (κ1) is 38.6. The number of alkyl halides is 3. The smallest absolute Gasteiger partial charge is 0.422 e. The highest BCUT2D eigenvalue weighted by Crippen LogP contribution is 2.48. The van der Waals surface area contributed by atoms with Gasteiger partial charge in [-0.3, -0.25) is 14.4 Å². The monoisotopic (exact) mass is 762 g/mol. The van der Waals surface area contributed by atoms with Gasteiger partial charge in [-0.1, -0.05) is 23.7 Å². The Balaban J connectivity index is 1.16. The number of benzene rings is 3. The van der Waals surface area contributed by atoms with Gasteiger partial charge in [-0.15, -0.1) is 0 Å². The molecular weight excluding hydrogens is 731 g/mol. The average Bonchev–Trinajstić information content (AvgIpc) is 3.90. The molecule has 5 N–H and O–H groups in total. The van der Waals surface area contributed by atoms with Crippen LogP contribution in [0.4, 0.5) is 45.2 Å². The molecule has 4 aromatic rings. The van der Waals surface area contributed by atoms with Crippen LogP contribution in [0.1, 0.15) is 35.2 Å². The number of carbonyl (C=O) groups is 3. The molecule has 3 aromatic carbocycles. The first-order valence-electron chi connectivity index (χ1n) is 16.0. The number of hydrogen-bond donors (Lipinski definition) is 5. The van der Waals surface area contributed by atoms with Gasteiger partial charge in [-0.25, -0.2) is 8.78 Å². The number of amides is 3. The molecule has 5 rings (SSSR count). The Morgan fingerprint density at radius 3 is 2.26 bits per heavy atom. The topological polar surface area (TPSA) is 171 Å². The number of aromatic nitrogens is 3. The van der Waals surface area contributed by atoms with E-state index >= 15 is 0 Å². The summed E-state index contributed by atoms with van der Waals surface area (Å²) < 4.78 is 70.6. The normalized spacial score (nSPS) is 13.1. The molecule has 0 spiro atoms. The van der Waals surface area contributed by atoms with Crippen LogP contribution in [0.15, 0.2) is 66.7 Å². The van der Waals surface area contributed by atoms with Crippen LogP contribution < -0.4 is 26.0 Å². The van der Waals surface area contributed by atoms with E-state index in [1.807, 2.05) is 12.1 Å². The third-order valence-corrected chi connectivity index (χ3v) is 8.05. The molecule has 1 heterocycles. The predicted molar refractivity (Wildman–Crippen MR) is 183 cm³/mol. The van der Waals surface area contributed by atoms with Crippen LogP contribution in [-0.2, 0) is 15.1 Å². The fraction of sp³-hybridized carbons (Fsp3) is 0.294. The zero-order valence-corrected chi connectivity index (χ0v) is 28.4. The predicted octanol–water partition coefficient (Wildman–Crippen LogP) is 5.17. The molecule has 53 heavy (non-hydrogen) atoms. The number of hydrogen-bond acceptors (Lipinski definition) is 10. The molecular formula is C34H32ClF5N8O5. The van der Waals surface area contributed by atoms with Gasteiger partial charge in [0.2, 0.25) is 11.9 Å². The summed E-state index contributed by atoms with van der Waals surface area (Å²) in [5, 5.41) is 20.7. The molecule has 0 atom stereocenters. The first-order chi connectivity index (χ1) is 25.2. The van der Waals surface area contributed by atoms with Crippen molar-refractivity contribution in [3.63, 3.8) is 0 Å². The van der Waals surface area contributed by atoms with Crippen molar-refractivity contribution < 1.29 is 46.2 Å². The number of rotatable bonds is 15. The van der Waals surface area contributed by atoms with Crippen molar-refractivity contribution in [2.24, 2.45) is 0 Å². The third kappa shape index (κ3) is 10.9. The van der Waals surface area contributed by atoms with Crippen molar-refractivity contribution in [1.29, 1.82) is 0 Å². The van der Waals surface area contributed by atoms with E-state index < -0.39 is 66.0 Å². The molecule has 19 heteroatoms. The summed E-state index contributed by atoms with van der Waals surface area (Å²) in [7, 11) is 0. The van der Waals surface area contributed by atoms with Crippen LogP contribution in [0.3, 0.4) is 0 Å². The van der Waals surface area contributed by atoms with Gasteiger partial charge >= 0.3 is 24.0 Å². The summed E-state index contributed by atoms with van der Waals surface area (Å²) in [6, 6.07) is 14.9. The number of anilines is 4. The highest BCUT2D eigenvalue weighted by molar-refractivity contribution is 6.39. The quantitative estimate of drug-likeness (QED) is 0.0619. The number of ether oxygens (including phenoxy) is 1. The summed E-state index contributed by atoms with van der Waals surface area (Å²) in [6.07, 6.45) is -3.03. The molecule has 1 fully saturated rings. The molecule has 0 saturated heterocycles. The number of nitrogens with one attached hydrogen (secondary N) is 4. The van der Waals surface area contributed by atoms with Gasteiger partial charge in [-0.2, -0.15) is 28.1 Å². The summed E-state index contributed by atoms with van der Waals surface area (Å²) >= 11 is 6.01. The molecule has 0 aliphatic heterocycles. The van der Waals surface area contributed by atoms with Crippen molar-refractivity contribution in [3.8, 4) is 6.01 Å². The maximum absolute atomic E-state index is 13.9. The maximum atomic E-state index is 13.9. The summed E-state index contributed by atoms with van der Waals surface area (Å²) in [6.45, 7) is -2.27. The van der Waals surface area contributed by atoms with Gasteiger partial charge in [0.1, 0.15) is 11.6 Å². The van der Waals surface area contributed by atoms with E-state index in [0.717, 1.165) is 22.6 Å². The average molecular weight is 763 g/mol. The molecule has 1 aliphatic carbocycles. The van der Waals surface area contributed by atoms with E-state index in [-0.39, 0.29) is 43.5 Å². The van der Waals surface area contributed by atoms with Crippen molar-refractivity contribution in [2.75, 3.05) is 48.8 Å². The van der Waals surface area contributed by atoms with Crippen molar-refractivity contribution >= 4 is 52.6 Å². The van der Waals surface area contributed by atoms with E-state index in [1.165, 1.54) is 24.3 Å². The largest absolute Gasteiger partial charge is 0.454 e. The standard InChI is InChI=1S/C34H32ClF5N8O5/c35-22-6-4-21(5-7-22)33(12-13-33)47-31-44-30(45-32(46-31)53-19-34(38,39)40)42-24-9-2-20(3-10-24)27(50)41-14-1-15-48(16-17-49)29(52)28(51)43-26-11-8-23(36)18-25(26)37/h2-11,18,49H,1,12-17,19H2,(H,41,50)(H,43,51)(H2,42,44,45,46,47). The lowest BCUT2D eigenvalue weighted by atomic mass is 10.1. The second-order valence-electron chi connectivity index (χ2n) is 11.8. The van der Waals surface area contributed by atoms with Crippen LogP contribution in [0, 0.1) is 11.6 Å². The fourth-order valence-electron chi connectivity index (χ4n) is 5.03. The number of halogens is 6. The van der Waals surface area contributed by atoms with Crippen molar-refractivity contribution in [3.05, 3.63) is 94.5 Å². The Labute approximate surface area is 303 Å². The Morgan fingerprint density at radius 1 is 0.925 bits per heavy atom. The lowest BCUT2D eigenvalue weighted by Crippen LogP contribution is -2.42. The Hall–Kier alpha value is -5.62. The first-order valence-corrected chi connectivity index (χ1v) is 16.4. The highest BCUT2D eigenvalue weighted by atomic mass is 35.5. The molecule has 0 radical (unpaired) electrons. The van der Waals surface area contributed by atoms with Crippen LogP contribution in [0.2, 0.25) is 5.02 Å². The molecule has 1 saturated carbocycles. The Kier molecular flexibility index (Phi) is 12.2. The minimum absolute atomic E-state index is 0.0234. The van der Waals surface area contributed by atoms with Gasteiger partial charge in [0, 0.05) is 42.0 Å². The van der Waals surface area contributed by atoms with Crippen LogP contribution in [0.5, 0.6) is 6.01 Å². The zero-order chi connectivity index (χ0) is 38.2. The van der Waals surface area contributed by atoms with E-state index in [4.69, 9.17) is 16.3 Å². The number of nitrogens with zero attached hydrogens (tertiary/aromatic N) is 4. The van der Waals surface area contributed by atoms with E-state index in [1.54, 1.807) is 12.1 Å². The minimum Gasteiger partial charge on any atom is -0.454 e. The zero-order valence-electron chi connectivity index (χ0n) is 27.6. The van der Waals surface area contributed by atoms with Gasteiger partial charge in [0.25, 0.3) is 5.91 Å². The lowest BCUT2D eigenvalue weighted by Gasteiger charge is -2.21. The minimum atomic E-state index is -4.63. The van der Waals surface area contributed by atoms with Crippen LogP contribution >= 0.6 is 11.6 Å². The lowest BCUT2D eigenvalue weighted by molar-refractivity contribution is -0.154. The molecule has 0 bridgehead atoms. The van der Waals surface area contributed by atoms with Gasteiger partial charge < -0.3 is 36.0 Å². The summed E-state index contributed by atoms with van der Waals surface area (Å²) in [4.78, 5) is 51.1. The molecule has 3 amide bonds. The van der Waals surface area contributed by atoms with Gasteiger partial charge in [0.15, 0.2) is 6.61 Å². The Bertz CT molecular complexity index is 1930.